The van der Waals surface area contributed by atoms with E-state index in [0.29, 0.717) is 13.1 Å². The van der Waals surface area contributed by atoms with Gasteiger partial charge in [0, 0.05) is 31.9 Å². The predicted octanol–water partition coefficient (Wildman–Crippen LogP) is -0.110. The van der Waals surface area contributed by atoms with E-state index in [-0.39, 0.29) is 19.3 Å². The first kappa shape index (κ1) is 16.5. The van der Waals surface area contributed by atoms with E-state index in [1.165, 1.54) is 0 Å². The molecule has 1 aromatic heterocycles. The lowest BCUT2D eigenvalue weighted by Gasteiger charge is -2.14. The van der Waals surface area contributed by atoms with Crippen LogP contribution in [0.4, 0.5) is 4.79 Å². The van der Waals surface area contributed by atoms with Crippen LogP contribution >= 0.6 is 0 Å². The monoisotopic (exact) mass is 298 g/mol. The second-order valence-electron chi connectivity index (χ2n) is 4.38. The minimum atomic E-state index is -1.19. The molecule has 1 heterocycles. The molecule has 0 unspecified atom stereocenters. The summed E-state index contributed by atoms with van der Waals surface area (Å²) in [7, 11) is 0. The van der Waals surface area contributed by atoms with E-state index in [0.717, 1.165) is 0 Å². The van der Waals surface area contributed by atoms with Crippen molar-refractivity contribution in [3.63, 3.8) is 0 Å². The number of carboxylic acids is 2. The van der Waals surface area contributed by atoms with Gasteiger partial charge in [0.1, 0.15) is 6.04 Å². The van der Waals surface area contributed by atoms with Gasteiger partial charge in [0.15, 0.2) is 0 Å². The summed E-state index contributed by atoms with van der Waals surface area (Å²) in [4.78, 5) is 36.7. The molecule has 21 heavy (non-hydrogen) atoms. The van der Waals surface area contributed by atoms with Gasteiger partial charge in [-0.05, 0) is 12.8 Å². The lowest BCUT2D eigenvalue weighted by atomic mass is 10.1. The van der Waals surface area contributed by atoms with Crippen LogP contribution in [0.5, 0.6) is 0 Å². The highest BCUT2D eigenvalue weighted by atomic mass is 16.4. The Kier molecular flexibility index (Phi) is 6.72. The van der Waals surface area contributed by atoms with Crippen molar-refractivity contribution >= 4 is 18.0 Å². The summed E-state index contributed by atoms with van der Waals surface area (Å²) in [5, 5.41) is 22.3. The number of carboxylic acid groups (broad SMARTS) is 2. The maximum atomic E-state index is 11.6. The number of amides is 2. The van der Waals surface area contributed by atoms with Gasteiger partial charge in [-0.1, -0.05) is 0 Å². The van der Waals surface area contributed by atoms with Crippen LogP contribution in [-0.4, -0.2) is 50.3 Å². The molecular formula is C12H18N4O5. The fourth-order valence-corrected chi connectivity index (χ4v) is 1.64. The van der Waals surface area contributed by atoms with Gasteiger partial charge in [-0.25, -0.2) is 14.6 Å². The van der Waals surface area contributed by atoms with Crippen LogP contribution in [0, 0.1) is 0 Å². The minimum Gasteiger partial charge on any atom is -0.481 e. The Morgan fingerprint density at radius 1 is 1.29 bits per heavy atom. The first-order valence-electron chi connectivity index (χ1n) is 6.43. The fourth-order valence-electron chi connectivity index (χ4n) is 1.64. The van der Waals surface area contributed by atoms with Crippen LogP contribution in [0.1, 0.15) is 19.3 Å². The number of carbonyl (C=O) groups is 3. The van der Waals surface area contributed by atoms with Gasteiger partial charge < -0.3 is 25.4 Å². The van der Waals surface area contributed by atoms with Crippen molar-refractivity contribution in [3.05, 3.63) is 18.7 Å². The standard InChI is InChI=1S/C12H18N4O5/c17-10(18)3-1-2-9(11(19)20)15-12(21)14-5-7-16-6-4-13-8-16/h4,6,8-9H,1-3,5,7H2,(H,17,18)(H,19,20)(H2,14,15,21)/t9-/m1/s1. The average Bonchev–Trinajstić information content (AvgIpc) is 2.90. The summed E-state index contributed by atoms with van der Waals surface area (Å²) in [5.74, 6) is -2.19. The lowest BCUT2D eigenvalue weighted by molar-refractivity contribution is -0.140. The zero-order valence-corrected chi connectivity index (χ0v) is 11.4. The molecule has 2 amide bonds. The van der Waals surface area contributed by atoms with Crippen LogP contribution in [0.25, 0.3) is 0 Å². The number of aliphatic carboxylic acids is 2. The molecule has 0 aliphatic rings. The lowest BCUT2D eigenvalue weighted by Crippen LogP contribution is -2.46. The Hall–Kier alpha value is -2.58. The Labute approximate surface area is 121 Å². The van der Waals surface area contributed by atoms with Crippen LogP contribution in [0.15, 0.2) is 18.7 Å². The van der Waals surface area contributed by atoms with Gasteiger partial charge in [-0.15, -0.1) is 0 Å². The summed E-state index contributed by atoms with van der Waals surface area (Å²) >= 11 is 0. The molecule has 116 valence electrons. The van der Waals surface area contributed by atoms with E-state index in [1.54, 1.807) is 23.3 Å². The van der Waals surface area contributed by atoms with Gasteiger partial charge in [0.25, 0.3) is 0 Å². The van der Waals surface area contributed by atoms with Gasteiger partial charge in [0.2, 0.25) is 0 Å². The largest absolute Gasteiger partial charge is 0.481 e. The SMILES string of the molecule is O=C(O)CCC[C@@H](NC(=O)NCCn1ccnc1)C(=O)O. The second-order valence-corrected chi connectivity index (χ2v) is 4.38. The van der Waals surface area contributed by atoms with Crippen molar-refractivity contribution < 1.29 is 24.6 Å². The summed E-state index contributed by atoms with van der Waals surface area (Å²) < 4.78 is 1.77. The maximum Gasteiger partial charge on any atom is 0.326 e. The van der Waals surface area contributed by atoms with Crippen molar-refractivity contribution in [1.82, 2.24) is 20.2 Å². The number of hydrogen-bond donors (Lipinski definition) is 4. The molecule has 1 aromatic rings. The van der Waals surface area contributed by atoms with Crippen molar-refractivity contribution in [2.45, 2.75) is 31.8 Å². The molecule has 4 N–H and O–H groups in total. The molecule has 1 rings (SSSR count). The molecular weight excluding hydrogens is 280 g/mol. The summed E-state index contributed by atoms with van der Waals surface area (Å²) in [6.07, 6.45) is 5.08. The number of aromatic nitrogens is 2. The van der Waals surface area contributed by atoms with Crippen molar-refractivity contribution in [1.29, 1.82) is 0 Å². The van der Waals surface area contributed by atoms with E-state index in [2.05, 4.69) is 15.6 Å². The molecule has 0 saturated heterocycles. The van der Waals surface area contributed by atoms with Gasteiger partial charge in [0.05, 0.1) is 6.33 Å². The third kappa shape index (κ3) is 6.95. The van der Waals surface area contributed by atoms with E-state index in [1.807, 2.05) is 0 Å². The third-order valence-electron chi connectivity index (χ3n) is 2.70. The maximum absolute atomic E-state index is 11.6. The van der Waals surface area contributed by atoms with Crippen molar-refractivity contribution in [2.24, 2.45) is 0 Å². The van der Waals surface area contributed by atoms with Crippen LogP contribution in [-0.2, 0) is 16.1 Å². The normalized spacial score (nSPS) is 11.6. The number of nitrogens with zero attached hydrogens (tertiary/aromatic N) is 2. The number of hydrogen-bond acceptors (Lipinski definition) is 4. The fraction of sp³-hybridized carbons (Fsp3) is 0.500. The zero-order chi connectivity index (χ0) is 15.7. The highest BCUT2D eigenvalue weighted by molar-refractivity contribution is 5.82. The highest BCUT2D eigenvalue weighted by Crippen LogP contribution is 2.01. The van der Waals surface area contributed by atoms with E-state index in [9.17, 15) is 14.4 Å². The molecule has 9 nitrogen and oxygen atoms in total. The zero-order valence-electron chi connectivity index (χ0n) is 11.4. The second kappa shape index (κ2) is 8.56. The van der Waals surface area contributed by atoms with Crippen molar-refractivity contribution in [2.75, 3.05) is 6.54 Å². The molecule has 1 atom stereocenters. The van der Waals surface area contributed by atoms with Crippen LogP contribution in [0.2, 0.25) is 0 Å². The average molecular weight is 298 g/mol. The first-order chi connectivity index (χ1) is 9.99. The molecule has 0 fully saturated rings. The van der Waals surface area contributed by atoms with E-state index < -0.39 is 24.0 Å². The Morgan fingerprint density at radius 3 is 2.62 bits per heavy atom. The molecule has 0 saturated carbocycles. The highest BCUT2D eigenvalue weighted by Gasteiger charge is 2.19. The van der Waals surface area contributed by atoms with Gasteiger partial charge >= 0.3 is 18.0 Å². The van der Waals surface area contributed by atoms with Gasteiger partial charge in [-0.2, -0.15) is 0 Å². The molecule has 0 aromatic carbocycles. The van der Waals surface area contributed by atoms with E-state index >= 15 is 0 Å². The number of urea groups is 1. The molecule has 0 bridgehead atoms. The number of carbonyl (C=O) groups excluding carboxylic acids is 1. The number of imidazole rings is 1. The Bertz CT molecular complexity index is 474. The molecule has 0 aliphatic heterocycles. The number of rotatable bonds is 9. The summed E-state index contributed by atoms with van der Waals surface area (Å²) in [5.41, 5.74) is 0. The van der Waals surface area contributed by atoms with Crippen LogP contribution < -0.4 is 10.6 Å². The Morgan fingerprint density at radius 2 is 2.05 bits per heavy atom. The molecule has 0 radical (unpaired) electrons. The predicted molar refractivity (Wildman–Crippen MR) is 71.7 cm³/mol. The summed E-state index contributed by atoms with van der Waals surface area (Å²) in [6, 6.07) is -1.70. The molecule has 0 spiro atoms. The van der Waals surface area contributed by atoms with Crippen molar-refractivity contribution in [3.8, 4) is 0 Å². The third-order valence-corrected chi connectivity index (χ3v) is 2.70. The smallest absolute Gasteiger partial charge is 0.326 e. The summed E-state index contributed by atoms with van der Waals surface area (Å²) in [6.45, 7) is 0.841. The first-order valence-corrected chi connectivity index (χ1v) is 6.43. The topological polar surface area (TPSA) is 134 Å². The Balaban J connectivity index is 2.27. The van der Waals surface area contributed by atoms with E-state index in [4.69, 9.17) is 10.2 Å². The van der Waals surface area contributed by atoms with Gasteiger partial charge in [-0.3, -0.25) is 4.79 Å². The molecule has 9 heteroatoms. The quantitative estimate of drug-likeness (QED) is 0.502. The van der Waals surface area contributed by atoms with Crippen LogP contribution in [0.3, 0.4) is 0 Å². The molecule has 0 aliphatic carbocycles. The minimum absolute atomic E-state index is 0.0660. The number of nitrogens with one attached hydrogen (secondary N) is 2.